The maximum Gasteiger partial charge on any atom is 0.338 e. The van der Waals surface area contributed by atoms with E-state index in [0.717, 1.165) is 11.3 Å². The van der Waals surface area contributed by atoms with Gasteiger partial charge in [-0.15, -0.1) is 10.8 Å². The SMILES string of the molecule is C#CCn1c(=NS(=O)(=O)c2ccc(Cl)cc2)sc2cc(C(=O)OCC)ccc21. The molecule has 0 aliphatic carbocycles. The number of rotatable bonds is 5. The number of aromatic nitrogens is 1. The molecule has 0 saturated carbocycles. The monoisotopic (exact) mass is 434 g/mol. The maximum absolute atomic E-state index is 12.7. The number of carbonyl (C=O) groups is 1. The highest BCUT2D eigenvalue weighted by Gasteiger charge is 2.16. The molecular weight excluding hydrogens is 420 g/mol. The van der Waals surface area contributed by atoms with Gasteiger partial charge in [-0.3, -0.25) is 0 Å². The van der Waals surface area contributed by atoms with E-state index in [4.69, 9.17) is 22.8 Å². The Balaban J connectivity index is 2.17. The van der Waals surface area contributed by atoms with Crippen LogP contribution in [-0.4, -0.2) is 25.6 Å². The first-order valence-corrected chi connectivity index (χ1v) is 10.8. The van der Waals surface area contributed by atoms with Crippen molar-refractivity contribution in [3.05, 3.63) is 57.9 Å². The van der Waals surface area contributed by atoms with Crippen molar-refractivity contribution >= 4 is 49.1 Å². The number of benzene rings is 2. The molecule has 0 aliphatic rings. The highest BCUT2D eigenvalue weighted by molar-refractivity contribution is 7.90. The summed E-state index contributed by atoms with van der Waals surface area (Å²) in [6, 6.07) is 10.7. The van der Waals surface area contributed by atoms with Crippen molar-refractivity contribution < 1.29 is 17.9 Å². The number of fused-ring (bicyclic) bond motifs is 1. The molecule has 0 radical (unpaired) electrons. The number of hydrogen-bond donors (Lipinski definition) is 0. The standard InChI is InChI=1S/C19H15ClN2O4S2/c1-3-11-22-16-10-5-13(18(23)26-4-2)12-17(16)27-19(22)21-28(24,25)15-8-6-14(20)7-9-15/h1,5-10,12H,4,11H2,2H3. The number of ether oxygens (including phenoxy) is 1. The smallest absolute Gasteiger partial charge is 0.338 e. The summed E-state index contributed by atoms with van der Waals surface area (Å²) in [6.45, 7) is 2.12. The first-order chi connectivity index (χ1) is 13.4. The molecule has 2 aromatic carbocycles. The van der Waals surface area contributed by atoms with Crippen molar-refractivity contribution in [2.24, 2.45) is 4.40 Å². The molecule has 144 valence electrons. The largest absolute Gasteiger partial charge is 0.462 e. The van der Waals surface area contributed by atoms with Gasteiger partial charge in [0.2, 0.25) is 4.80 Å². The Bertz CT molecular complexity index is 1250. The molecule has 1 aromatic heterocycles. The van der Waals surface area contributed by atoms with Crippen LogP contribution >= 0.6 is 22.9 Å². The number of nitrogens with zero attached hydrogens (tertiary/aromatic N) is 2. The first-order valence-electron chi connectivity index (χ1n) is 8.16. The van der Waals surface area contributed by atoms with Gasteiger partial charge >= 0.3 is 5.97 Å². The first kappa shape index (κ1) is 20.1. The minimum absolute atomic E-state index is 0.0221. The van der Waals surface area contributed by atoms with E-state index in [-0.39, 0.29) is 22.8 Å². The Hall–Kier alpha value is -2.60. The van der Waals surface area contributed by atoms with Crippen LogP contribution in [0.3, 0.4) is 0 Å². The number of terminal acetylenes is 1. The van der Waals surface area contributed by atoms with Crippen LogP contribution < -0.4 is 4.80 Å². The van der Waals surface area contributed by atoms with Gasteiger partial charge in [-0.25, -0.2) is 4.79 Å². The molecule has 0 unspecified atom stereocenters. The number of esters is 1. The quantitative estimate of drug-likeness (QED) is 0.455. The second kappa shape index (κ2) is 8.19. The lowest BCUT2D eigenvalue weighted by atomic mass is 10.2. The minimum Gasteiger partial charge on any atom is -0.462 e. The van der Waals surface area contributed by atoms with Gasteiger partial charge in [-0.2, -0.15) is 8.42 Å². The summed E-state index contributed by atoms with van der Waals surface area (Å²) in [5.41, 5.74) is 1.05. The minimum atomic E-state index is -3.96. The number of halogens is 1. The van der Waals surface area contributed by atoms with Crippen molar-refractivity contribution in [1.82, 2.24) is 4.57 Å². The van der Waals surface area contributed by atoms with Gasteiger partial charge in [0, 0.05) is 5.02 Å². The molecule has 6 nitrogen and oxygen atoms in total. The van der Waals surface area contributed by atoms with Crippen LogP contribution in [-0.2, 0) is 21.3 Å². The topological polar surface area (TPSA) is 77.7 Å². The van der Waals surface area contributed by atoms with E-state index >= 15 is 0 Å². The molecule has 0 N–H and O–H groups in total. The summed E-state index contributed by atoms with van der Waals surface area (Å²) in [4.78, 5) is 12.2. The van der Waals surface area contributed by atoms with E-state index in [1.807, 2.05) is 0 Å². The third kappa shape index (κ3) is 4.12. The Morgan fingerprint density at radius 1 is 1.29 bits per heavy atom. The lowest BCUT2D eigenvalue weighted by Crippen LogP contribution is -2.16. The molecule has 9 heteroatoms. The van der Waals surface area contributed by atoms with E-state index in [2.05, 4.69) is 10.3 Å². The molecule has 1 heterocycles. The predicted octanol–water partition coefficient (Wildman–Crippen LogP) is 3.46. The highest BCUT2D eigenvalue weighted by Crippen LogP contribution is 2.21. The second-order valence-corrected chi connectivity index (χ2v) is 8.65. The van der Waals surface area contributed by atoms with Crippen LogP contribution in [0.1, 0.15) is 17.3 Å². The summed E-state index contributed by atoms with van der Waals surface area (Å²) in [5, 5.41) is 0.426. The van der Waals surface area contributed by atoms with Crippen LogP contribution in [0.25, 0.3) is 10.2 Å². The van der Waals surface area contributed by atoms with Crippen molar-refractivity contribution in [1.29, 1.82) is 0 Å². The fourth-order valence-corrected chi connectivity index (χ4v) is 4.89. The van der Waals surface area contributed by atoms with Crippen LogP contribution in [0, 0.1) is 12.3 Å². The fraction of sp³-hybridized carbons (Fsp3) is 0.158. The molecular formula is C19H15ClN2O4S2. The summed E-state index contributed by atoms with van der Waals surface area (Å²) in [5.74, 6) is 2.05. The molecule has 0 fully saturated rings. The molecule has 0 saturated heterocycles. The van der Waals surface area contributed by atoms with Gasteiger partial charge in [-0.05, 0) is 49.4 Å². The van der Waals surface area contributed by atoms with Gasteiger partial charge in [0.05, 0.1) is 33.8 Å². The van der Waals surface area contributed by atoms with Crippen molar-refractivity contribution in [2.75, 3.05) is 6.61 Å². The zero-order valence-electron chi connectivity index (χ0n) is 14.8. The van der Waals surface area contributed by atoms with Gasteiger partial charge in [0.15, 0.2) is 0 Å². The number of thiazole rings is 1. The Morgan fingerprint density at radius 3 is 2.64 bits per heavy atom. The molecule has 0 bridgehead atoms. The molecule has 28 heavy (non-hydrogen) atoms. The maximum atomic E-state index is 12.7. The van der Waals surface area contributed by atoms with Crippen molar-refractivity contribution in [3.8, 4) is 12.3 Å². The second-order valence-electron chi connectivity index (χ2n) is 5.60. The van der Waals surface area contributed by atoms with E-state index in [0.29, 0.717) is 20.8 Å². The van der Waals surface area contributed by atoms with E-state index in [1.165, 1.54) is 24.3 Å². The normalized spacial score (nSPS) is 12.1. The molecule has 3 rings (SSSR count). The summed E-state index contributed by atoms with van der Waals surface area (Å²) < 4.78 is 36.6. The molecule has 0 atom stereocenters. The Kier molecular flexibility index (Phi) is 5.89. The predicted molar refractivity (Wildman–Crippen MR) is 109 cm³/mol. The van der Waals surface area contributed by atoms with Gasteiger partial charge in [0.25, 0.3) is 10.0 Å². The van der Waals surface area contributed by atoms with Crippen molar-refractivity contribution in [3.63, 3.8) is 0 Å². The van der Waals surface area contributed by atoms with Gasteiger partial charge in [-0.1, -0.05) is 28.9 Å². The molecule has 0 aliphatic heterocycles. The molecule has 0 spiro atoms. The van der Waals surface area contributed by atoms with Crippen LogP contribution in [0.5, 0.6) is 0 Å². The van der Waals surface area contributed by atoms with E-state index < -0.39 is 16.0 Å². The lowest BCUT2D eigenvalue weighted by molar-refractivity contribution is 0.0526. The zero-order valence-corrected chi connectivity index (χ0v) is 17.1. The highest BCUT2D eigenvalue weighted by atomic mass is 35.5. The molecule has 3 aromatic rings. The Morgan fingerprint density at radius 2 is 2.00 bits per heavy atom. The zero-order chi connectivity index (χ0) is 20.3. The van der Waals surface area contributed by atoms with Gasteiger partial charge in [0.1, 0.15) is 0 Å². The summed E-state index contributed by atoms with van der Waals surface area (Å²) in [6.07, 6.45) is 5.44. The average Bonchev–Trinajstić information content (AvgIpc) is 2.98. The van der Waals surface area contributed by atoms with Crippen LogP contribution in [0.2, 0.25) is 5.02 Å². The van der Waals surface area contributed by atoms with E-state index in [1.54, 1.807) is 29.7 Å². The lowest BCUT2D eigenvalue weighted by Gasteiger charge is -2.03. The number of carbonyl (C=O) groups excluding carboxylic acids is 1. The summed E-state index contributed by atoms with van der Waals surface area (Å²) >= 11 is 6.94. The Labute approximate surface area is 171 Å². The number of sulfonamides is 1. The van der Waals surface area contributed by atoms with E-state index in [9.17, 15) is 13.2 Å². The van der Waals surface area contributed by atoms with Crippen LogP contribution in [0.15, 0.2) is 51.8 Å². The third-order valence-electron chi connectivity index (χ3n) is 3.75. The number of hydrogen-bond acceptors (Lipinski definition) is 5. The van der Waals surface area contributed by atoms with Crippen molar-refractivity contribution in [2.45, 2.75) is 18.4 Å². The summed E-state index contributed by atoms with van der Waals surface area (Å²) in [7, 11) is -3.96. The average molecular weight is 435 g/mol. The molecule has 0 amide bonds. The third-order valence-corrected chi connectivity index (χ3v) is 6.44. The van der Waals surface area contributed by atoms with Crippen LogP contribution in [0.4, 0.5) is 0 Å². The fourth-order valence-electron chi connectivity index (χ4n) is 2.49. The van der Waals surface area contributed by atoms with Gasteiger partial charge < -0.3 is 9.30 Å².